The van der Waals surface area contributed by atoms with Gasteiger partial charge in [-0.25, -0.2) is 0 Å². The van der Waals surface area contributed by atoms with Crippen molar-refractivity contribution in [1.29, 1.82) is 0 Å². The second kappa shape index (κ2) is 69.8. The minimum atomic E-state index is -0.795. The molecule has 0 spiro atoms. The van der Waals surface area contributed by atoms with E-state index in [0.717, 1.165) is 154 Å². The quantitative estimate of drug-likeness (QED) is 0.0261. The number of ether oxygens (including phenoxy) is 3. The Morgan fingerprint density at radius 2 is 0.470 bits per heavy atom. The number of carbonyl (C=O) groups excluding carboxylic acids is 3. The first kappa shape index (κ1) is 78.3. The summed E-state index contributed by atoms with van der Waals surface area (Å²) in [7, 11) is 0. The van der Waals surface area contributed by atoms with E-state index in [9.17, 15) is 14.4 Å². The Hall–Kier alpha value is -4.71. The van der Waals surface area contributed by atoms with E-state index in [2.05, 4.69) is 167 Å². The molecule has 0 heterocycles. The minimum Gasteiger partial charge on any atom is -0.462 e. The summed E-state index contributed by atoms with van der Waals surface area (Å²) in [5.41, 5.74) is 0. The molecule has 6 nitrogen and oxygen atoms in total. The first-order valence-corrected chi connectivity index (χ1v) is 34.3. The second-order valence-corrected chi connectivity index (χ2v) is 22.3. The Bertz CT molecular complexity index is 1800. The fourth-order valence-electron chi connectivity index (χ4n) is 9.24. The molecule has 0 aromatic rings. The molecular formula is C77H126O6. The van der Waals surface area contributed by atoms with Gasteiger partial charge in [-0.2, -0.15) is 0 Å². The number of allylic oxidation sites excluding steroid dienone is 24. The van der Waals surface area contributed by atoms with E-state index < -0.39 is 6.10 Å². The number of esters is 3. The van der Waals surface area contributed by atoms with Gasteiger partial charge in [0, 0.05) is 19.3 Å². The van der Waals surface area contributed by atoms with E-state index in [1.165, 1.54) is 109 Å². The lowest BCUT2D eigenvalue weighted by Gasteiger charge is -2.18. The number of hydrogen-bond acceptors (Lipinski definition) is 6. The zero-order valence-corrected chi connectivity index (χ0v) is 53.9. The zero-order chi connectivity index (χ0) is 59.9. The third-order valence-electron chi connectivity index (χ3n) is 14.3. The van der Waals surface area contributed by atoms with E-state index in [1.807, 2.05) is 0 Å². The first-order valence-electron chi connectivity index (χ1n) is 34.3. The SMILES string of the molecule is CC/C=C\C/C=C\C/C=C\C/C=C\C/C=C\C/C=C\CCCCCCCCCCCCC(=O)OCC(COC(=O)CCCCCCC/C=C\C/C=C\CCC)OC(=O)CCCCCCCCCCCC/C=C\C/C=C\C/C=C\C/C=C\CC. The molecule has 0 amide bonds. The summed E-state index contributed by atoms with van der Waals surface area (Å²) in [6.45, 7) is 6.35. The highest BCUT2D eigenvalue weighted by Gasteiger charge is 2.19. The third kappa shape index (κ3) is 68.0. The average Bonchev–Trinajstić information content (AvgIpc) is 3.49. The lowest BCUT2D eigenvalue weighted by atomic mass is 10.0. The van der Waals surface area contributed by atoms with Crippen molar-refractivity contribution in [2.24, 2.45) is 0 Å². The van der Waals surface area contributed by atoms with Crippen molar-refractivity contribution in [3.8, 4) is 0 Å². The van der Waals surface area contributed by atoms with Crippen LogP contribution in [0.5, 0.6) is 0 Å². The van der Waals surface area contributed by atoms with Gasteiger partial charge in [-0.05, 0) is 135 Å². The molecule has 0 radical (unpaired) electrons. The summed E-state index contributed by atoms with van der Waals surface area (Å²) in [5, 5.41) is 0. The molecule has 1 atom stereocenters. The van der Waals surface area contributed by atoms with Crippen LogP contribution in [0.2, 0.25) is 0 Å². The topological polar surface area (TPSA) is 78.9 Å². The van der Waals surface area contributed by atoms with Gasteiger partial charge in [-0.15, -0.1) is 0 Å². The van der Waals surface area contributed by atoms with Crippen molar-refractivity contribution in [3.05, 3.63) is 146 Å². The molecule has 6 heteroatoms. The maximum atomic E-state index is 12.9. The Morgan fingerprint density at radius 1 is 0.253 bits per heavy atom. The Morgan fingerprint density at radius 3 is 0.735 bits per heavy atom. The molecule has 1 unspecified atom stereocenters. The Balaban J connectivity index is 4.33. The predicted octanol–water partition coefficient (Wildman–Crippen LogP) is 23.9. The van der Waals surface area contributed by atoms with Gasteiger partial charge in [0.05, 0.1) is 0 Å². The highest BCUT2D eigenvalue weighted by atomic mass is 16.6. The van der Waals surface area contributed by atoms with E-state index in [1.54, 1.807) is 0 Å². The van der Waals surface area contributed by atoms with E-state index in [0.29, 0.717) is 19.3 Å². The molecule has 0 aliphatic carbocycles. The fourth-order valence-corrected chi connectivity index (χ4v) is 9.24. The van der Waals surface area contributed by atoms with Crippen LogP contribution in [-0.2, 0) is 28.6 Å². The van der Waals surface area contributed by atoms with Crippen molar-refractivity contribution in [3.63, 3.8) is 0 Å². The molecule has 470 valence electrons. The van der Waals surface area contributed by atoms with Gasteiger partial charge in [-0.1, -0.05) is 295 Å². The van der Waals surface area contributed by atoms with Crippen molar-refractivity contribution >= 4 is 17.9 Å². The number of hydrogen-bond donors (Lipinski definition) is 0. The maximum absolute atomic E-state index is 12.9. The van der Waals surface area contributed by atoms with Gasteiger partial charge in [0.15, 0.2) is 6.10 Å². The number of unbranched alkanes of at least 4 members (excludes halogenated alkanes) is 26. The monoisotopic (exact) mass is 1150 g/mol. The average molecular weight is 1150 g/mol. The second-order valence-electron chi connectivity index (χ2n) is 22.3. The molecule has 83 heavy (non-hydrogen) atoms. The number of carbonyl (C=O) groups is 3. The first-order chi connectivity index (χ1) is 41.0. The van der Waals surface area contributed by atoms with Crippen molar-refractivity contribution in [2.45, 2.75) is 309 Å². The summed E-state index contributed by atoms with van der Waals surface area (Å²) >= 11 is 0. The molecular weight excluding hydrogens is 1020 g/mol. The maximum Gasteiger partial charge on any atom is 0.306 e. The lowest BCUT2D eigenvalue weighted by molar-refractivity contribution is -0.167. The standard InChI is InChI=1S/C77H126O6/c1-4-7-10-13-16-19-22-25-27-29-31-33-35-36-37-38-39-40-42-43-45-47-49-52-55-58-61-64-67-70-76(79)82-73-74(72-81-75(78)69-66-63-60-57-54-51-24-21-18-15-12-9-6-3)83-77(80)71-68-65-62-59-56-53-50-48-46-44-41-34-32-30-28-26-23-20-17-14-11-8-5-2/h7-8,10-12,15-17,19-21,24-28,31-34,36-37,39-40,74H,4-6,9,13-14,18,22-23,29-30,35,38,41-73H2,1-3H3/b10-7-,11-8-,15-12-,19-16-,20-17-,24-21-,27-25-,28-26-,33-31-,34-32-,37-36-,40-39-. The highest BCUT2D eigenvalue weighted by Crippen LogP contribution is 2.16. The summed E-state index contributed by atoms with van der Waals surface area (Å²) in [4.78, 5) is 38.4. The highest BCUT2D eigenvalue weighted by molar-refractivity contribution is 5.71. The van der Waals surface area contributed by atoms with Crippen LogP contribution >= 0.6 is 0 Å². The van der Waals surface area contributed by atoms with E-state index >= 15 is 0 Å². The summed E-state index contributed by atoms with van der Waals surface area (Å²) in [6, 6.07) is 0. The van der Waals surface area contributed by atoms with Gasteiger partial charge in [0.1, 0.15) is 13.2 Å². The molecule has 0 bridgehead atoms. The van der Waals surface area contributed by atoms with Crippen molar-refractivity contribution in [1.82, 2.24) is 0 Å². The van der Waals surface area contributed by atoms with Crippen LogP contribution in [0.3, 0.4) is 0 Å². The molecule has 0 N–H and O–H groups in total. The molecule has 0 aromatic carbocycles. The summed E-state index contributed by atoms with van der Waals surface area (Å²) in [5.74, 6) is -0.909. The third-order valence-corrected chi connectivity index (χ3v) is 14.3. The van der Waals surface area contributed by atoms with E-state index in [4.69, 9.17) is 14.2 Å². The fraction of sp³-hybridized carbons (Fsp3) is 0.649. The molecule has 0 saturated heterocycles. The molecule has 0 aliphatic heterocycles. The Labute approximate surface area is 512 Å². The molecule has 0 rings (SSSR count). The largest absolute Gasteiger partial charge is 0.462 e. The lowest BCUT2D eigenvalue weighted by Crippen LogP contribution is -2.30. The molecule has 0 aromatic heterocycles. The van der Waals surface area contributed by atoms with Crippen LogP contribution < -0.4 is 0 Å². The van der Waals surface area contributed by atoms with Crippen LogP contribution in [0.1, 0.15) is 303 Å². The molecule has 0 aliphatic rings. The van der Waals surface area contributed by atoms with Gasteiger partial charge in [-0.3, -0.25) is 14.4 Å². The van der Waals surface area contributed by atoms with Crippen molar-refractivity contribution < 1.29 is 28.6 Å². The van der Waals surface area contributed by atoms with Crippen LogP contribution in [0.25, 0.3) is 0 Å². The predicted molar refractivity (Wildman–Crippen MR) is 362 cm³/mol. The van der Waals surface area contributed by atoms with Gasteiger partial charge < -0.3 is 14.2 Å². The summed E-state index contributed by atoms with van der Waals surface area (Å²) < 4.78 is 16.9. The van der Waals surface area contributed by atoms with E-state index in [-0.39, 0.29) is 31.1 Å². The smallest absolute Gasteiger partial charge is 0.306 e. The van der Waals surface area contributed by atoms with Gasteiger partial charge >= 0.3 is 17.9 Å². The normalized spacial score (nSPS) is 13.0. The molecule has 0 saturated carbocycles. The van der Waals surface area contributed by atoms with Crippen LogP contribution in [0.4, 0.5) is 0 Å². The van der Waals surface area contributed by atoms with Crippen molar-refractivity contribution in [2.75, 3.05) is 13.2 Å². The van der Waals surface area contributed by atoms with Crippen LogP contribution in [0, 0.1) is 0 Å². The Kier molecular flexibility index (Phi) is 65.8. The minimum absolute atomic E-state index is 0.0901. The summed E-state index contributed by atoms with van der Waals surface area (Å²) in [6.07, 6.45) is 100. The van der Waals surface area contributed by atoms with Gasteiger partial charge in [0.25, 0.3) is 0 Å². The van der Waals surface area contributed by atoms with Crippen LogP contribution in [0.15, 0.2) is 146 Å². The van der Waals surface area contributed by atoms with Gasteiger partial charge in [0.2, 0.25) is 0 Å². The number of rotatable bonds is 61. The van der Waals surface area contributed by atoms with Crippen LogP contribution in [-0.4, -0.2) is 37.2 Å². The zero-order valence-electron chi connectivity index (χ0n) is 53.9. The molecule has 0 fully saturated rings.